The second kappa shape index (κ2) is 7.14. The maximum absolute atomic E-state index is 12.9. The molecule has 1 N–H and O–H groups in total. The van der Waals surface area contributed by atoms with Gasteiger partial charge in [-0.1, -0.05) is 23.2 Å². The summed E-state index contributed by atoms with van der Waals surface area (Å²) in [7, 11) is 0. The van der Waals surface area contributed by atoms with Gasteiger partial charge in [-0.3, -0.25) is 19.3 Å². The van der Waals surface area contributed by atoms with E-state index in [1.807, 2.05) is 6.92 Å². The summed E-state index contributed by atoms with van der Waals surface area (Å²) in [6.07, 6.45) is 2.85. The van der Waals surface area contributed by atoms with Crippen molar-refractivity contribution < 1.29 is 14.4 Å². The fourth-order valence-corrected chi connectivity index (χ4v) is 3.39. The molecule has 0 saturated carbocycles. The Kier molecular flexibility index (Phi) is 4.63. The molecule has 0 aliphatic carbocycles. The van der Waals surface area contributed by atoms with Crippen LogP contribution in [-0.4, -0.2) is 43.4 Å². The van der Waals surface area contributed by atoms with Gasteiger partial charge in [0.1, 0.15) is 18.7 Å². The highest BCUT2D eigenvalue weighted by Gasteiger charge is 2.41. The van der Waals surface area contributed by atoms with Crippen molar-refractivity contribution in [3.8, 4) is 5.69 Å². The summed E-state index contributed by atoms with van der Waals surface area (Å²) in [4.78, 5) is 43.2. The molecule has 1 aliphatic heterocycles. The maximum Gasteiger partial charge on any atom is 0.262 e. The summed E-state index contributed by atoms with van der Waals surface area (Å²) in [6, 6.07) is 8.90. The number of hydrogen-bond acceptors (Lipinski definition) is 5. The van der Waals surface area contributed by atoms with Gasteiger partial charge < -0.3 is 5.32 Å². The Balaban J connectivity index is 1.61. The minimum absolute atomic E-state index is 0.298. The van der Waals surface area contributed by atoms with Crippen molar-refractivity contribution in [2.75, 3.05) is 5.32 Å². The van der Waals surface area contributed by atoms with Gasteiger partial charge in [-0.15, -0.1) is 0 Å². The Morgan fingerprint density at radius 3 is 2.59 bits per heavy atom. The lowest BCUT2D eigenvalue weighted by molar-refractivity contribution is -0.119. The molecule has 0 saturated heterocycles. The van der Waals surface area contributed by atoms with Crippen LogP contribution in [0, 0.1) is 6.92 Å². The first-order chi connectivity index (χ1) is 13.9. The van der Waals surface area contributed by atoms with E-state index in [1.165, 1.54) is 24.3 Å². The summed E-state index contributed by atoms with van der Waals surface area (Å²) in [5.74, 6) is -1.51. The smallest absolute Gasteiger partial charge is 0.262 e. The Hall–Kier alpha value is -3.52. The molecular weight excluding hydrogens is 394 g/mol. The fourth-order valence-electron chi connectivity index (χ4n) is 3.22. The average Bonchev–Trinajstić information content (AvgIpc) is 3.29. The topological polar surface area (TPSA) is 97.2 Å². The van der Waals surface area contributed by atoms with Crippen molar-refractivity contribution in [2.24, 2.45) is 0 Å². The van der Waals surface area contributed by atoms with Gasteiger partial charge in [-0.25, -0.2) is 9.67 Å². The van der Waals surface area contributed by atoms with Crippen LogP contribution >= 0.6 is 11.6 Å². The van der Waals surface area contributed by atoms with Crippen LogP contribution in [-0.2, 0) is 4.79 Å². The Bertz CT molecular complexity index is 1140. The molecule has 0 unspecified atom stereocenters. The number of aryl methyl sites for hydroxylation is 1. The molecular formula is C20H16ClN5O3. The van der Waals surface area contributed by atoms with E-state index in [9.17, 15) is 14.4 Å². The molecule has 3 aromatic rings. The zero-order valence-electron chi connectivity index (χ0n) is 15.6. The van der Waals surface area contributed by atoms with Crippen LogP contribution in [0.3, 0.4) is 0 Å². The molecule has 3 amide bonds. The summed E-state index contributed by atoms with van der Waals surface area (Å²) in [5, 5.41) is 7.21. The molecule has 8 nitrogen and oxygen atoms in total. The van der Waals surface area contributed by atoms with Crippen molar-refractivity contribution in [3.63, 3.8) is 0 Å². The van der Waals surface area contributed by atoms with E-state index in [0.717, 1.165) is 10.5 Å². The Morgan fingerprint density at radius 2 is 1.86 bits per heavy atom. The number of nitrogens with one attached hydrogen (secondary N) is 1. The van der Waals surface area contributed by atoms with Gasteiger partial charge in [0.25, 0.3) is 11.8 Å². The van der Waals surface area contributed by atoms with Gasteiger partial charge in [0.05, 0.1) is 22.5 Å². The molecule has 0 radical (unpaired) electrons. The van der Waals surface area contributed by atoms with E-state index < -0.39 is 23.8 Å². The number of fused-ring (bicyclic) bond motifs is 1. The highest BCUT2D eigenvalue weighted by molar-refractivity contribution is 6.31. The highest BCUT2D eigenvalue weighted by Crippen LogP contribution is 2.28. The van der Waals surface area contributed by atoms with Crippen molar-refractivity contribution in [1.29, 1.82) is 0 Å². The third-order valence-corrected chi connectivity index (χ3v) is 4.96. The lowest BCUT2D eigenvalue weighted by Crippen LogP contribution is -2.45. The second-order valence-electron chi connectivity index (χ2n) is 6.70. The fraction of sp³-hybridized carbons (Fsp3) is 0.150. The van der Waals surface area contributed by atoms with Crippen molar-refractivity contribution in [3.05, 3.63) is 70.8 Å². The number of benzene rings is 2. The molecule has 1 aromatic heterocycles. The molecule has 1 atom stereocenters. The number of carbonyl (C=O) groups is 3. The predicted molar refractivity (Wildman–Crippen MR) is 106 cm³/mol. The van der Waals surface area contributed by atoms with E-state index in [0.29, 0.717) is 27.5 Å². The first-order valence-corrected chi connectivity index (χ1v) is 9.18. The summed E-state index contributed by atoms with van der Waals surface area (Å²) in [5.41, 5.74) is 2.39. The molecule has 2 aromatic carbocycles. The third-order valence-electron chi connectivity index (χ3n) is 4.72. The van der Waals surface area contributed by atoms with Crippen LogP contribution < -0.4 is 5.32 Å². The maximum atomic E-state index is 12.9. The van der Waals surface area contributed by atoms with E-state index >= 15 is 0 Å². The van der Waals surface area contributed by atoms with Gasteiger partial charge in [-0.05, 0) is 44.2 Å². The lowest BCUT2D eigenvalue weighted by Gasteiger charge is -2.22. The van der Waals surface area contributed by atoms with Gasteiger partial charge in [-0.2, -0.15) is 5.10 Å². The van der Waals surface area contributed by atoms with Gasteiger partial charge in [0.2, 0.25) is 5.91 Å². The summed E-state index contributed by atoms with van der Waals surface area (Å²) in [6.45, 7) is 3.34. The average molecular weight is 410 g/mol. The number of hydrogen-bond donors (Lipinski definition) is 1. The lowest BCUT2D eigenvalue weighted by atomic mass is 10.1. The van der Waals surface area contributed by atoms with Crippen LogP contribution in [0.5, 0.6) is 0 Å². The minimum Gasteiger partial charge on any atom is -0.322 e. The molecule has 1 aliphatic rings. The number of nitrogens with zero attached hydrogens (tertiary/aromatic N) is 4. The molecule has 146 valence electrons. The molecule has 29 heavy (non-hydrogen) atoms. The van der Waals surface area contributed by atoms with Crippen molar-refractivity contribution >= 4 is 35.0 Å². The number of rotatable bonds is 4. The van der Waals surface area contributed by atoms with Crippen LogP contribution in [0.1, 0.15) is 33.2 Å². The summed E-state index contributed by atoms with van der Waals surface area (Å²) >= 11 is 6.08. The highest BCUT2D eigenvalue weighted by atomic mass is 35.5. The minimum atomic E-state index is -1.02. The monoisotopic (exact) mass is 409 g/mol. The van der Waals surface area contributed by atoms with Gasteiger partial charge >= 0.3 is 0 Å². The van der Waals surface area contributed by atoms with E-state index in [4.69, 9.17) is 11.6 Å². The normalized spacial score (nSPS) is 14.1. The van der Waals surface area contributed by atoms with Crippen LogP contribution in [0.25, 0.3) is 5.69 Å². The number of halogens is 1. The Morgan fingerprint density at radius 1 is 1.10 bits per heavy atom. The van der Waals surface area contributed by atoms with Gasteiger partial charge in [0.15, 0.2) is 0 Å². The zero-order chi connectivity index (χ0) is 20.7. The van der Waals surface area contributed by atoms with Crippen LogP contribution in [0.4, 0.5) is 5.69 Å². The quantitative estimate of drug-likeness (QED) is 0.668. The Labute approximate surface area is 171 Å². The molecule has 0 bridgehead atoms. The molecule has 2 heterocycles. The van der Waals surface area contributed by atoms with Crippen LogP contribution in [0.2, 0.25) is 5.02 Å². The zero-order valence-corrected chi connectivity index (χ0v) is 16.3. The molecule has 0 spiro atoms. The second-order valence-corrected chi connectivity index (χ2v) is 7.13. The third kappa shape index (κ3) is 3.27. The SMILES string of the molecule is Cc1ccc2c(c1)C(=O)N([C@@H](C)C(=O)Nc1cc(Cl)ccc1-n1cncn1)C2=O. The van der Waals surface area contributed by atoms with E-state index in [-0.39, 0.29) is 0 Å². The number of aromatic nitrogens is 3. The molecule has 0 fully saturated rings. The predicted octanol–water partition coefficient (Wildman–Crippen LogP) is 2.85. The van der Waals surface area contributed by atoms with E-state index in [1.54, 1.807) is 36.4 Å². The first-order valence-electron chi connectivity index (χ1n) is 8.81. The standard InChI is InChI=1S/C20H16ClN5O3/c1-11-3-5-14-15(7-11)20(29)26(19(14)28)12(2)18(27)24-16-8-13(21)4-6-17(16)25-10-22-9-23-25/h3-10,12H,1-2H3,(H,24,27)/t12-/m0/s1. The molecule has 9 heteroatoms. The number of imide groups is 1. The first kappa shape index (κ1) is 18.8. The molecule has 4 rings (SSSR count). The number of amides is 3. The summed E-state index contributed by atoms with van der Waals surface area (Å²) < 4.78 is 1.47. The van der Waals surface area contributed by atoms with Crippen molar-refractivity contribution in [1.82, 2.24) is 19.7 Å². The van der Waals surface area contributed by atoms with Crippen LogP contribution in [0.15, 0.2) is 49.1 Å². The van der Waals surface area contributed by atoms with E-state index in [2.05, 4.69) is 15.4 Å². The number of carbonyl (C=O) groups excluding carboxylic acids is 3. The van der Waals surface area contributed by atoms with Crippen molar-refractivity contribution in [2.45, 2.75) is 19.9 Å². The largest absolute Gasteiger partial charge is 0.322 e. The number of anilines is 1. The van der Waals surface area contributed by atoms with Gasteiger partial charge in [0, 0.05) is 5.02 Å².